The van der Waals surface area contributed by atoms with Crippen molar-refractivity contribution in [3.05, 3.63) is 61.4 Å². The predicted octanol–water partition coefficient (Wildman–Crippen LogP) is 2.39. The molecule has 130 valence electrons. The second-order valence-corrected chi connectivity index (χ2v) is 5.76. The van der Waals surface area contributed by atoms with E-state index in [2.05, 4.69) is 19.9 Å². The quantitative estimate of drug-likeness (QED) is 0.572. The van der Waals surface area contributed by atoms with Gasteiger partial charge in [-0.1, -0.05) is 0 Å². The summed E-state index contributed by atoms with van der Waals surface area (Å²) in [6, 6.07) is 11.0. The summed E-state index contributed by atoms with van der Waals surface area (Å²) >= 11 is 0. The molecule has 7 nitrogen and oxygen atoms in total. The highest BCUT2D eigenvalue weighted by Gasteiger charge is 2.08. The van der Waals surface area contributed by atoms with Gasteiger partial charge in [-0.25, -0.2) is 19.9 Å². The predicted molar refractivity (Wildman–Crippen MR) is 96.1 cm³/mol. The van der Waals surface area contributed by atoms with Crippen molar-refractivity contribution in [3.63, 3.8) is 0 Å². The molecule has 0 saturated carbocycles. The number of hydrogen-bond acceptors (Lipinski definition) is 7. The SMILES string of the molecule is OC(COc1ccc2ncncc2c1)COc1ccc2ncncc2c1. The lowest BCUT2D eigenvalue weighted by atomic mass is 10.2. The number of aromatic nitrogens is 4. The number of benzene rings is 2. The average Bonchev–Trinajstić information content (AvgIpc) is 2.70. The summed E-state index contributed by atoms with van der Waals surface area (Å²) in [6.45, 7) is 0.242. The first-order valence-electron chi connectivity index (χ1n) is 8.11. The van der Waals surface area contributed by atoms with Crippen LogP contribution >= 0.6 is 0 Å². The fraction of sp³-hybridized carbons (Fsp3) is 0.158. The lowest BCUT2D eigenvalue weighted by Gasteiger charge is -2.14. The topological polar surface area (TPSA) is 90.2 Å². The minimum Gasteiger partial charge on any atom is -0.491 e. The van der Waals surface area contributed by atoms with Gasteiger partial charge in [0.1, 0.15) is 43.5 Å². The molecule has 26 heavy (non-hydrogen) atoms. The van der Waals surface area contributed by atoms with E-state index in [0.29, 0.717) is 11.5 Å². The monoisotopic (exact) mass is 348 g/mol. The number of hydrogen-bond donors (Lipinski definition) is 1. The Labute approximate surface area is 149 Å². The highest BCUT2D eigenvalue weighted by atomic mass is 16.5. The smallest absolute Gasteiger partial charge is 0.122 e. The zero-order valence-electron chi connectivity index (χ0n) is 13.8. The maximum Gasteiger partial charge on any atom is 0.122 e. The number of aliphatic hydroxyl groups is 1. The first-order chi connectivity index (χ1) is 12.8. The van der Waals surface area contributed by atoms with Crippen LogP contribution in [0.3, 0.4) is 0 Å². The maximum absolute atomic E-state index is 10.1. The molecule has 4 rings (SSSR count). The highest BCUT2D eigenvalue weighted by Crippen LogP contribution is 2.20. The van der Waals surface area contributed by atoms with Crippen LogP contribution < -0.4 is 9.47 Å². The summed E-state index contributed by atoms with van der Waals surface area (Å²) in [7, 11) is 0. The third kappa shape index (κ3) is 3.68. The van der Waals surface area contributed by atoms with Crippen LogP contribution in [0.25, 0.3) is 21.8 Å². The molecule has 0 saturated heterocycles. The van der Waals surface area contributed by atoms with Crippen molar-refractivity contribution in [1.82, 2.24) is 19.9 Å². The molecule has 0 radical (unpaired) electrons. The average molecular weight is 348 g/mol. The number of rotatable bonds is 6. The summed E-state index contributed by atoms with van der Waals surface area (Å²) in [5.41, 5.74) is 1.69. The third-order valence-electron chi connectivity index (χ3n) is 3.84. The van der Waals surface area contributed by atoms with E-state index in [1.807, 2.05) is 36.4 Å². The van der Waals surface area contributed by atoms with Crippen LogP contribution in [-0.2, 0) is 0 Å². The van der Waals surface area contributed by atoms with Gasteiger partial charge in [-0.15, -0.1) is 0 Å². The van der Waals surface area contributed by atoms with Gasteiger partial charge in [0.15, 0.2) is 0 Å². The summed E-state index contributed by atoms with van der Waals surface area (Å²) in [5, 5.41) is 11.9. The van der Waals surface area contributed by atoms with E-state index in [-0.39, 0.29) is 13.2 Å². The Morgan fingerprint density at radius 3 is 1.77 bits per heavy atom. The van der Waals surface area contributed by atoms with Gasteiger partial charge in [-0.2, -0.15) is 0 Å². The second kappa shape index (κ2) is 7.28. The number of nitrogens with zero attached hydrogens (tertiary/aromatic N) is 4. The first-order valence-corrected chi connectivity index (χ1v) is 8.11. The Morgan fingerprint density at radius 2 is 1.27 bits per heavy atom. The van der Waals surface area contributed by atoms with Crippen molar-refractivity contribution in [1.29, 1.82) is 0 Å². The molecule has 2 aromatic heterocycles. The van der Waals surface area contributed by atoms with Gasteiger partial charge in [0, 0.05) is 23.2 Å². The van der Waals surface area contributed by atoms with Crippen LogP contribution in [0, 0.1) is 0 Å². The van der Waals surface area contributed by atoms with Crippen LogP contribution in [0.2, 0.25) is 0 Å². The van der Waals surface area contributed by atoms with Crippen LogP contribution in [-0.4, -0.2) is 44.4 Å². The standard InChI is InChI=1S/C19H16N4O3/c24-15(9-25-16-1-3-18-13(5-16)7-20-11-22-18)10-26-17-2-4-19-14(6-17)8-21-12-23-19/h1-8,11-12,15,24H,9-10H2. The molecule has 0 unspecified atom stereocenters. The Hall–Kier alpha value is -3.32. The van der Waals surface area contributed by atoms with Gasteiger partial charge in [0.25, 0.3) is 0 Å². The Kier molecular flexibility index (Phi) is 4.53. The second-order valence-electron chi connectivity index (χ2n) is 5.76. The maximum atomic E-state index is 10.1. The Morgan fingerprint density at radius 1 is 0.769 bits per heavy atom. The summed E-state index contributed by atoms with van der Waals surface area (Å²) < 4.78 is 11.3. The molecule has 0 aliphatic heterocycles. The fourth-order valence-corrected chi connectivity index (χ4v) is 2.54. The van der Waals surface area contributed by atoms with Crippen LogP contribution in [0.1, 0.15) is 0 Å². The molecule has 2 heterocycles. The highest BCUT2D eigenvalue weighted by molar-refractivity contribution is 5.79. The third-order valence-corrected chi connectivity index (χ3v) is 3.84. The molecule has 0 spiro atoms. The minimum atomic E-state index is -0.763. The van der Waals surface area contributed by atoms with Gasteiger partial charge in [-0.05, 0) is 36.4 Å². The van der Waals surface area contributed by atoms with Gasteiger partial charge in [0.05, 0.1) is 11.0 Å². The van der Waals surface area contributed by atoms with Crippen molar-refractivity contribution in [3.8, 4) is 11.5 Å². The lowest BCUT2D eigenvalue weighted by Crippen LogP contribution is -2.25. The van der Waals surface area contributed by atoms with Crippen molar-refractivity contribution in [2.24, 2.45) is 0 Å². The molecule has 0 aliphatic carbocycles. The molecule has 7 heteroatoms. The van der Waals surface area contributed by atoms with E-state index in [1.54, 1.807) is 12.4 Å². The molecule has 2 aromatic carbocycles. The number of aliphatic hydroxyl groups excluding tert-OH is 1. The van der Waals surface area contributed by atoms with E-state index < -0.39 is 6.10 Å². The van der Waals surface area contributed by atoms with Gasteiger partial charge < -0.3 is 14.6 Å². The van der Waals surface area contributed by atoms with Crippen molar-refractivity contribution in [2.75, 3.05) is 13.2 Å². The molecule has 0 bridgehead atoms. The summed E-state index contributed by atoms with van der Waals surface area (Å²) in [6.07, 6.45) is 5.68. The van der Waals surface area contributed by atoms with E-state index in [9.17, 15) is 5.11 Å². The zero-order chi connectivity index (χ0) is 17.8. The number of fused-ring (bicyclic) bond motifs is 2. The van der Waals surface area contributed by atoms with Crippen molar-refractivity contribution >= 4 is 21.8 Å². The van der Waals surface area contributed by atoms with E-state index in [0.717, 1.165) is 21.8 Å². The molecule has 0 atom stereocenters. The molecule has 1 N–H and O–H groups in total. The lowest BCUT2D eigenvalue weighted by molar-refractivity contribution is 0.0627. The molecule has 4 aromatic rings. The van der Waals surface area contributed by atoms with Crippen molar-refractivity contribution < 1.29 is 14.6 Å². The van der Waals surface area contributed by atoms with Gasteiger partial charge in [-0.3, -0.25) is 0 Å². The minimum absolute atomic E-state index is 0.121. The van der Waals surface area contributed by atoms with Gasteiger partial charge >= 0.3 is 0 Å². The molecule has 0 fully saturated rings. The van der Waals surface area contributed by atoms with Crippen LogP contribution in [0.5, 0.6) is 11.5 Å². The molecular formula is C19H16N4O3. The first kappa shape index (κ1) is 16.2. The zero-order valence-corrected chi connectivity index (χ0v) is 13.8. The largest absolute Gasteiger partial charge is 0.491 e. The van der Waals surface area contributed by atoms with Crippen LogP contribution in [0.4, 0.5) is 0 Å². The van der Waals surface area contributed by atoms with Crippen molar-refractivity contribution in [2.45, 2.75) is 6.10 Å². The molecular weight excluding hydrogens is 332 g/mol. The fourth-order valence-electron chi connectivity index (χ4n) is 2.54. The summed E-state index contributed by atoms with van der Waals surface area (Å²) in [4.78, 5) is 16.3. The molecule has 0 amide bonds. The number of ether oxygens (including phenoxy) is 2. The Bertz CT molecular complexity index is 958. The van der Waals surface area contributed by atoms with Gasteiger partial charge in [0.2, 0.25) is 0 Å². The normalized spacial score (nSPS) is 11.2. The summed E-state index contributed by atoms with van der Waals surface area (Å²) in [5.74, 6) is 1.29. The van der Waals surface area contributed by atoms with Crippen LogP contribution in [0.15, 0.2) is 61.4 Å². The van der Waals surface area contributed by atoms with E-state index >= 15 is 0 Å². The molecule has 0 aliphatic rings. The van der Waals surface area contributed by atoms with E-state index in [1.165, 1.54) is 12.7 Å². The van der Waals surface area contributed by atoms with E-state index in [4.69, 9.17) is 9.47 Å². The Balaban J connectivity index is 1.33.